The maximum absolute atomic E-state index is 12.6. The first-order chi connectivity index (χ1) is 11.0. The fourth-order valence-electron chi connectivity index (χ4n) is 2.06. The van der Waals surface area contributed by atoms with Gasteiger partial charge in [0.15, 0.2) is 11.5 Å². The van der Waals surface area contributed by atoms with Gasteiger partial charge in [-0.3, -0.25) is 0 Å². The van der Waals surface area contributed by atoms with Crippen LogP contribution in [0.2, 0.25) is 0 Å². The summed E-state index contributed by atoms with van der Waals surface area (Å²) in [5.41, 5.74) is 0.447. The molecular formula is C17H15NO4S. The Balaban J connectivity index is 2.59. The van der Waals surface area contributed by atoms with Gasteiger partial charge in [-0.1, -0.05) is 30.3 Å². The van der Waals surface area contributed by atoms with E-state index in [1.807, 2.05) is 0 Å². The molecule has 0 heterocycles. The topological polar surface area (TPSA) is 76.4 Å². The number of nitriles is 1. The van der Waals surface area contributed by atoms with Crippen LogP contribution in [0, 0.1) is 11.3 Å². The summed E-state index contributed by atoms with van der Waals surface area (Å²) >= 11 is 0. The number of para-hydroxylation sites is 1. The average molecular weight is 329 g/mol. The molecule has 0 bridgehead atoms. The first-order valence-corrected chi connectivity index (χ1v) is 8.16. The van der Waals surface area contributed by atoms with E-state index in [9.17, 15) is 13.7 Å². The highest BCUT2D eigenvalue weighted by atomic mass is 32.2. The summed E-state index contributed by atoms with van der Waals surface area (Å²) in [6, 6.07) is 14.6. The van der Waals surface area contributed by atoms with Crippen molar-refractivity contribution in [2.24, 2.45) is 0 Å². The lowest BCUT2D eigenvalue weighted by molar-refractivity contribution is 0.354. The molecule has 0 unspecified atom stereocenters. The Morgan fingerprint density at radius 3 is 2.30 bits per heavy atom. The molecule has 0 saturated carbocycles. The van der Waals surface area contributed by atoms with Gasteiger partial charge in [0.1, 0.15) is 11.0 Å². The summed E-state index contributed by atoms with van der Waals surface area (Å²) in [6.07, 6.45) is 1.28. The Labute approximate surface area is 135 Å². The fraction of sp³-hybridized carbons (Fsp3) is 0.118. The summed E-state index contributed by atoms with van der Waals surface area (Å²) in [6.45, 7) is 0. The highest BCUT2D eigenvalue weighted by Gasteiger charge is 2.21. The molecule has 0 radical (unpaired) electrons. The van der Waals surface area contributed by atoms with Crippen LogP contribution in [0.15, 0.2) is 58.3 Å². The number of hydrogen-bond donors (Lipinski definition) is 0. The Morgan fingerprint density at radius 2 is 1.74 bits per heavy atom. The van der Waals surface area contributed by atoms with Gasteiger partial charge in [0.05, 0.1) is 19.1 Å². The SMILES string of the molecule is COc1cccc(/C=C(\C#N)S(=O)(=O)c2ccccc2)c1OC. The summed E-state index contributed by atoms with van der Waals surface area (Å²) < 4.78 is 35.6. The second kappa shape index (κ2) is 6.99. The number of rotatable bonds is 5. The predicted molar refractivity (Wildman–Crippen MR) is 86.8 cm³/mol. The van der Waals surface area contributed by atoms with E-state index in [1.165, 1.54) is 32.4 Å². The Hall–Kier alpha value is -2.78. The molecule has 0 saturated heterocycles. The van der Waals surface area contributed by atoms with Gasteiger partial charge in [0.25, 0.3) is 0 Å². The minimum absolute atomic E-state index is 0.0645. The monoisotopic (exact) mass is 329 g/mol. The summed E-state index contributed by atoms with van der Waals surface area (Å²) in [5, 5.41) is 9.30. The molecule has 2 rings (SSSR count). The molecular weight excluding hydrogens is 314 g/mol. The Bertz CT molecular complexity index is 865. The smallest absolute Gasteiger partial charge is 0.216 e. The van der Waals surface area contributed by atoms with E-state index in [2.05, 4.69) is 0 Å². The Morgan fingerprint density at radius 1 is 1.04 bits per heavy atom. The zero-order chi connectivity index (χ0) is 16.9. The van der Waals surface area contributed by atoms with Gasteiger partial charge >= 0.3 is 0 Å². The molecule has 0 aromatic heterocycles. The number of methoxy groups -OCH3 is 2. The fourth-order valence-corrected chi connectivity index (χ4v) is 3.24. The molecule has 0 N–H and O–H groups in total. The first-order valence-electron chi connectivity index (χ1n) is 6.67. The molecule has 0 atom stereocenters. The first kappa shape index (κ1) is 16.6. The maximum Gasteiger partial charge on any atom is 0.216 e. The van der Waals surface area contributed by atoms with Crippen molar-refractivity contribution in [2.45, 2.75) is 4.90 Å². The number of allylic oxidation sites excluding steroid dienone is 1. The standard InChI is InChI=1S/C17H15NO4S/c1-21-16-10-6-7-13(17(16)22-2)11-15(12-18)23(19,20)14-8-4-3-5-9-14/h3-11H,1-2H3/b15-11+. The van der Waals surface area contributed by atoms with E-state index < -0.39 is 9.84 Å². The predicted octanol–water partition coefficient (Wildman–Crippen LogP) is 3.04. The molecule has 0 fully saturated rings. The van der Waals surface area contributed by atoms with Crippen molar-refractivity contribution in [2.75, 3.05) is 14.2 Å². The number of nitrogens with zero attached hydrogens (tertiary/aromatic N) is 1. The van der Waals surface area contributed by atoms with Gasteiger partial charge in [0.2, 0.25) is 9.84 Å². The summed E-state index contributed by atoms with van der Waals surface area (Å²) in [5.74, 6) is 0.821. The lowest BCUT2D eigenvalue weighted by Crippen LogP contribution is -2.03. The summed E-state index contributed by atoms with van der Waals surface area (Å²) in [4.78, 5) is -0.301. The second-order valence-corrected chi connectivity index (χ2v) is 6.44. The lowest BCUT2D eigenvalue weighted by Gasteiger charge is -2.10. The molecule has 0 aliphatic carbocycles. The lowest BCUT2D eigenvalue weighted by atomic mass is 10.1. The van der Waals surface area contributed by atoms with Crippen molar-refractivity contribution in [3.8, 4) is 17.6 Å². The third-order valence-corrected chi connectivity index (χ3v) is 4.85. The molecule has 118 valence electrons. The van der Waals surface area contributed by atoms with E-state index in [0.717, 1.165) is 0 Å². The van der Waals surface area contributed by atoms with E-state index >= 15 is 0 Å². The van der Waals surface area contributed by atoms with Gasteiger partial charge < -0.3 is 9.47 Å². The van der Waals surface area contributed by atoms with Crippen LogP contribution in [0.1, 0.15) is 5.56 Å². The van der Waals surface area contributed by atoms with Crippen LogP contribution in [-0.2, 0) is 9.84 Å². The highest BCUT2D eigenvalue weighted by Crippen LogP contribution is 2.33. The normalized spacial score (nSPS) is 11.6. The number of ether oxygens (including phenoxy) is 2. The quantitative estimate of drug-likeness (QED) is 0.788. The molecule has 0 aliphatic heterocycles. The third-order valence-electron chi connectivity index (χ3n) is 3.17. The van der Waals surface area contributed by atoms with Gasteiger partial charge in [-0.05, 0) is 24.3 Å². The zero-order valence-corrected chi connectivity index (χ0v) is 13.5. The van der Waals surface area contributed by atoms with Crippen LogP contribution in [0.25, 0.3) is 6.08 Å². The van der Waals surface area contributed by atoms with Crippen LogP contribution >= 0.6 is 0 Å². The highest BCUT2D eigenvalue weighted by molar-refractivity contribution is 7.95. The van der Waals surface area contributed by atoms with Crippen LogP contribution in [0.3, 0.4) is 0 Å². The second-order valence-electron chi connectivity index (χ2n) is 4.52. The van der Waals surface area contributed by atoms with Crippen LogP contribution < -0.4 is 9.47 Å². The Kier molecular flexibility index (Phi) is 5.04. The van der Waals surface area contributed by atoms with Gasteiger partial charge in [-0.2, -0.15) is 5.26 Å². The summed E-state index contributed by atoms with van der Waals surface area (Å²) in [7, 11) is -0.956. The molecule has 0 spiro atoms. The molecule has 2 aromatic rings. The molecule has 5 nitrogen and oxygen atoms in total. The minimum Gasteiger partial charge on any atom is -0.493 e. The van der Waals surface area contributed by atoms with Crippen molar-refractivity contribution < 1.29 is 17.9 Å². The van der Waals surface area contributed by atoms with Crippen molar-refractivity contribution in [3.63, 3.8) is 0 Å². The van der Waals surface area contributed by atoms with Crippen LogP contribution in [0.5, 0.6) is 11.5 Å². The van der Waals surface area contributed by atoms with Gasteiger partial charge in [-0.25, -0.2) is 8.42 Å². The van der Waals surface area contributed by atoms with Crippen molar-refractivity contribution in [1.29, 1.82) is 5.26 Å². The van der Waals surface area contributed by atoms with Crippen molar-refractivity contribution in [1.82, 2.24) is 0 Å². The van der Waals surface area contributed by atoms with Gasteiger partial charge in [0, 0.05) is 5.56 Å². The third kappa shape index (κ3) is 3.35. The number of sulfone groups is 1. The number of benzene rings is 2. The van der Waals surface area contributed by atoms with Crippen LogP contribution in [0.4, 0.5) is 0 Å². The molecule has 0 aliphatic rings. The van der Waals surface area contributed by atoms with E-state index in [4.69, 9.17) is 9.47 Å². The average Bonchev–Trinajstić information content (AvgIpc) is 2.59. The van der Waals surface area contributed by atoms with E-state index in [0.29, 0.717) is 17.1 Å². The molecule has 0 amide bonds. The van der Waals surface area contributed by atoms with Crippen molar-refractivity contribution in [3.05, 3.63) is 59.0 Å². The van der Waals surface area contributed by atoms with Gasteiger partial charge in [-0.15, -0.1) is 0 Å². The number of hydrogen-bond acceptors (Lipinski definition) is 5. The van der Waals surface area contributed by atoms with Crippen molar-refractivity contribution >= 4 is 15.9 Å². The largest absolute Gasteiger partial charge is 0.493 e. The molecule has 2 aromatic carbocycles. The van der Waals surface area contributed by atoms with E-state index in [-0.39, 0.29) is 9.80 Å². The van der Waals surface area contributed by atoms with Crippen LogP contribution in [-0.4, -0.2) is 22.6 Å². The maximum atomic E-state index is 12.6. The molecule has 6 heteroatoms. The van der Waals surface area contributed by atoms with E-state index in [1.54, 1.807) is 42.5 Å². The minimum atomic E-state index is -3.89. The molecule has 23 heavy (non-hydrogen) atoms. The zero-order valence-electron chi connectivity index (χ0n) is 12.7.